The average Bonchev–Trinajstić information content (AvgIpc) is 3.13. The molecule has 0 saturated heterocycles. The summed E-state index contributed by atoms with van der Waals surface area (Å²) in [6, 6.07) is 8.65. The number of benzene rings is 1. The summed E-state index contributed by atoms with van der Waals surface area (Å²) in [5.74, 6) is 0.842. The first kappa shape index (κ1) is 19.5. The van der Waals surface area contributed by atoms with Crippen LogP contribution in [0.2, 0.25) is 0 Å². The summed E-state index contributed by atoms with van der Waals surface area (Å²) in [4.78, 5) is 23.5. The molecule has 0 spiro atoms. The number of hydrogen-bond donors (Lipinski definition) is 2. The van der Waals surface area contributed by atoms with Crippen molar-refractivity contribution in [2.45, 2.75) is 46.1 Å². The molecule has 2 rings (SSSR count). The first-order valence-electron chi connectivity index (χ1n) is 8.88. The van der Waals surface area contributed by atoms with E-state index < -0.39 is 0 Å². The van der Waals surface area contributed by atoms with Crippen LogP contribution in [0.1, 0.15) is 55.8 Å². The Morgan fingerprint density at radius 1 is 1.15 bits per heavy atom. The molecule has 1 aromatic heterocycles. The van der Waals surface area contributed by atoms with Crippen LogP contribution in [0.15, 0.2) is 34.9 Å². The third-order valence-electron chi connectivity index (χ3n) is 3.60. The highest BCUT2D eigenvalue weighted by atomic mass is 16.5. The second kappa shape index (κ2) is 10.2. The normalized spacial score (nSPS) is 10.4. The number of carbonyl (C=O) groups excluding carboxylic acids is 2. The van der Waals surface area contributed by atoms with E-state index in [1.807, 2.05) is 6.92 Å². The van der Waals surface area contributed by atoms with Gasteiger partial charge in [-0.3, -0.25) is 9.59 Å². The van der Waals surface area contributed by atoms with Crippen LogP contribution < -0.4 is 15.4 Å². The number of anilines is 1. The third kappa shape index (κ3) is 6.23. The number of amides is 2. The second-order valence-corrected chi connectivity index (χ2v) is 5.90. The fourth-order valence-electron chi connectivity index (χ4n) is 2.17. The summed E-state index contributed by atoms with van der Waals surface area (Å²) in [5.41, 5.74) is 0.968. The van der Waals surface area contributed by atoms with Gasteiger partial charge in [0.25, 0.3) is 5.91 Å². The lowest BCUT2D eigenvalue weighted by Crippen LogP contribution is -2.24. The van der Waals surface area contributed by atoms with E-state index >= 15 is 0 Å². The van der Waals surface area contributed by atoms with Gasteiger partial charge < -0.3 is 19.9 Å². The van der Waals surface area contributed by atoms with Crippen molar-refractivity contribution in [1.29, 1.82) is 0 Å². The number of rotatable bonds is 10. The SMILES string of the molecule is CCCCC(=O)Nc1ccc(OCc2cc(C(=O)NCCC)no2)cc1. The van der Waals surface area contributed by atoms with Crippen LogP contribution in [0.3, 0.4) is 0 Å². The van der Waals surface area contributed by atoms with E-state index in [1.165, 1.54) is 0 Å². The van der Waals surface area contributed by atoms with Crippen molar-refractivity contribution in [3.8, 4) is 5.75 Å². The predicted molar refractivity (Wildman–Crippen MR) is 98.1 cm³/mol. The Balaban J connectivity index is 1.81. The van der Waals surface area contributed by atoms with Crippen molar-refractivity contribution in [2.24, 2.45) is 0 Å². The number of nitrogens with one attached hydrogen (secondary N) is 2. The molecule has 140 valence electrons. The van der Waals surface area contributed by atoms with Gasteiger partial charge in [0.15, 0.2) is 11.5 Å². The number of aromatic nitrogens is 1. The van der Waals surface area contributed by atoms with Gasteiger partial charge in [0.2, 0.25) is 5.91 Å². The number of nitrogens with zero attached hydrogens (tertiary/aromatic N) is 1. The molecule has 0 fully saturated rings. The van der Waals surface area contributed by atoms with Gasteiger partial charge in [-0.05, 0) is 37.1 Å². The van der Waals surface area contributed by atoms with Crippen LogP contribution in [-0.2, 0) is 11.4 Å². The Kier molecular flexibility index (Phi) is 7.67. The van der Waals surface area contributed by atoms with Crippen LogP contribution in [-0.4, -0.2) is 23.5 Å². The van der Waals surface area contributed by atoms with Crippen LogP contribution in [0.25, 0.3) is 0 Å². The molecule has 0 bridgehead atoms. The summed E-state index contributed by atoms with van der Waals surface area (Å²) in [7, 11) is 0. The van der Waals surface area contributed by atoms with E-state index in [1.54, 1.807) is 30.3 Å². The van der Waals surface area contributed by atoms with E-state index in [4.69, 9.17) is 9.26 Å². The smallest absolute Gasteiger partial charge is 0.273 e. The van der Waals surface area contributed by atoms with Crippen molar-refractivity contribution in [1.82, 2.24) is 10.5 Å². The minimum Gasteiger partial charge on any atom is -0.486 e. The molecule has 1 heterocycles. The van der Waals surface area contributed by atoms with Crippen LogP contribution in [0.4, 0.5) is 5.69 Å². The minimum absolute atomic E-state index is 0.0102. The molecule has 0 unspecified atom stereocenters. The van der Waals surface area contributed by atoms with Crippen molar-refractivity contribution < 1.29 is 18.8 Å². The highest BCUT2D eigenvalue weighted by Gasteiger charge is 2.12. The lowest BCUT2D eigenvalue weighted by atomic mass is 10.2. The van der Waals surface area contributed by atoms with Crippen molar-refractivity contribution in [3.63, 3.8) is 0 Å². The van der Waals surface area contributed by atoms with Gasteiger partial charge in [0.1, 0.15) is 12.4 Å². The maximum atomic E-state index is 11.8. The van der Waals surface area contributed by atoms with Gasteiger partial charge >= 0.3 is 0 Å². The number of ether oxygens (including phenoxy) is 1. The number of carbonyl (C=O) groups is 2. The Morgan fingerprint density at radius 3 is 2.62 bits per heavy atom. The molecule has 2 aromatic rings. The highest BCUT2D eigenvalue weighted by molar-refractivity contribution is 5.92. The fourth-order valence-corrected chi connectivity index (χ4v) is 2.17. The first-order chi connectivity index (χ1) is 12.6. The predicted octanol–water partition coefficient (Wildman–Crippen LogP) is 3.52. The van der Waals surface area contributed by atoms with Crippen molar-refractivity contribution in [2.75, 3.05) is 11.9 Å². The van der Waals surface area contributed by atoms with Crippen LogP contribution >= 0.6 is 0 Å². The molecular weight excluding hydrogens is 334 g/mol. The Bertz CT molecular complexity index is 710. The fraction of sp³-hybridized carbons (Fsp3) is 0.421. The van der Waals surface area contributed by atoms with Crippen molar-refractivity contribution in [3.05, 3.63) is 41.8 Å². The molecule has 0 aliphatic heterocycles. The van der Waals surface area contributed by atoms with Gasteiger partial charge in [-0.2, -0.15) is 0 Å². The summed E-state index contributed by atoms with van der Waals surface area (Å²) in [6.07, 6.45) is 3.25. The van der Waals surface area contributed by atoms with Crippen LogP contribution in [0, 0.1) is 0 Å². The van der Waals surface area contributed by atoms with E-state index in [9.17, 15) is 9.59 Å². The lowest BCUT2D eigenvalue weighted by Gasteiger charge is -2.07. The molecule has 0 aliphatic rings. The zero-order valence-electron chi connectivity index (χ0n) is 15.2. The van der Waals surface area contributed by atoms with E-state index in [0.29, 0.717) is 24.5 Å². The molecule has 7 nitrogen and oxygen atoms in total. The summed E-state index contributed by atoms with van der Waals surface area (Å²) < 4.78 is 10.7. The number of unbranched alkanes of at least 4 members (excludes halogenated alkanes) is 1. The standard InChI is InChI=1S/C19H25N3O4/c1-3-5-6-18(23)21-14-7-9-15(10-8-14)25-13-16-12-17(22-26-16)19(24)20-11-4-2/h7-10,12H,3-6,11,13H2,1-2H3,(H,20,24)(H,21,23). The molecule has 1 aromatic carbocycles. The zero-order valence-corrected chi connectivity index (χ0v) is 15.2. The third-order valence-corrected chi connectivity index (χ3v) is 3.60. The Hall–Kier alpha value is -2.83. The molecule has 7 heteroatoms. The van der Waals surface area contributed by atoms with Gasteiger partial charge in [0.05, 0.1) is 0 Å². The molecule has 0 radical (unpaired) electrons. The van der Waals surface area contributed by atoms with E-state index in [0.717, 1.165) is 24.9 Å². The molecule has 0 aliphatic carbocycles. The maximum absolute atomic E-state index is 11.8. The largest absolute Gasteiger partial charge is 0.486 e. The molecule has 0 atom stereocenters. The molecule has 26 heavy (non-hydrogen) atoms. The van der Waals surface area contributed by atoms with Gasteiger partial charge in [-0.1, -0.05) is 25.4 Å². The lowest BCUT2D eigenvalue weighted by molar-refractivity contribution is -0.116. The topological polar surface area (TPSA) is 93.5 Å². The van der Waals surface area contributed by atoms with Gasteiger partial charge in [-0.15, -0.1) is 0 Å². The second-order valence-electron chi connectivity index (χ2n) is 5.90. The molecule has 2 N–H and O–H groups in total. The van der Waals surface area contributed by atoms with Gasteiger partial charge in [-0.25, -0.2) is 0 Å². The summed E-state index contributed by atoms with van der Waals surface area (Å²) in [6.45, 7) is 4.79. The quantitative estimate of drug-likeness (QED) is 0.677. The molecular formula is C19H25N3O4. The minimum atomic E-state index is -0.259. The van der Waals surface area contributed by atoms with E-state index in [2.05, 4.69) is 22.7 Å². The molecule has 0 saturated carbocycles. The average molecular weight is 359 g/mol. The zero-order chi connectivity index (χ0) is 18.8. The Labute approximate surface area is 153 Å². The van der Waals surface area contributed by atoms with Gasteiger partial charge in [0, 0.05) is 24.7 Å². The number of hydrogen-bond acceptors (Lipinski definition) is 5. The Morgan fingerprint density at radius 2 is 1.92 bits per heavy atom. The summed E-state index contributed by atoms with van der Waals surface area (Å²) >= 11 is 0. The summed E-state index contributed by atoms with van der Waals surface area (Å²) in [5, 5.41) is 9.31. The van der Waals surface area contributed by atoms with Crippen LogP contribution in [0.5, 0.6) is 5.75 Å². The maximum Gasteiger partial charge on any atom is 0.273 e. The van der Waals surface area contributed by atoms with E-state index in [-0.39, 0.29) is 24.1 Å². The first-order valence-corrected chi connectivity index (χ1v) is 8.88. The van der Waals surface area contributed by atoms with Crippen molar-refractivity contribution >= 4 is 17.5 Å². The molecule has 2 amide bonds. The highest BCUT2D eigenvalue weighted by Crippen LogP contribution is 2.18. The monoisotopic (exact) mass is 359 g/mol.